The van der Waals surface area contributed by atoms with Gasteiger partial charge in [0.1, 0.15) is 28.7 Å². The maximum absolute atomic E-state index is 12.4. The molecule has 4 atom stereocenters. The Hall–Kier alpha value is -2.38. The highest BCUT2D eigenvalue weighted by atomic mass is 16.8. The second-order valence-corrected chi connectivity index (χ2v) is 6.48. The summed E-state index contributed by atoms with van der Waals surface area (Å²) in [4.78, 5) is 24.4. The molecule has 0 N–H and O–H groups in total. The quantitative estimate of drug-likeness (QED) is 0.579. The van der Waals surface area contributed by atoms with Crippen LogP contribution in [0.1, 0.15) is 33.8 Å². The molecule has 2 saturated heterocycles. The highest BCUT2D eigenvalue weighted by Crippen LogP contribution is 2.57. The second-order valence-electron chi connectivity index (χ2n) is 6.48. The van der Waals surface area contributed by atoms with Crippen LogP contribution in [0.25, 0.3) is 11.0 Å². The minimum Gasteiger partial charge on any atom is -0.496 e. The van der Waals surface area contributed by atoms with E-state index in [0.29, 0.717) is 40.9 Å². The zero-order valence-electron chi connectivity index (χ0n) is 12.7. The van der Waals surface area contributed by atoms with E-state index in [9.17, 15) is 9.59 Å². The number of ketones is 1. The smallest absolute Gasteiger partial charge is 0.347 e. The van der Waals surface area contributed by atoms with Gasteiger partial charge < -0.3 is 23.4 Å². The van der Waals surface area contributed by atoms with Crippen molar-refractivity contribution in [3.63, 3.8) is 0 Å². The van der Waals surface area contributed by atoms with E-state index in [0.717, 1.165) is 5.56 Å². The summed E-state index contributed by atoms with van der Waals surface area (Å²) >= 11 is 0. The molecular formula is C17H12O7. The molecule has 6 rings (SSSR count). The van der Waals surface area contributed by atoms with Gasteiger partial charge in [0.2, 0.25) is 6.29 Å². The first-order chi connectivity index (χ1) is 11.7. The highest BCUT2D eigenvalue weighted by molar-refractivity contribution is 6.06. The third-order valence-corrected chi connectivity index (χ3v) is 5.32. The topological polar surface area (TPSA) is 87.5 Å². The van der Waals surface area contributed by atoms with Crippen molar-refractivity contribution < 1.29 is 28.2 Å². The number of fused-ring (bicyclic) bond motifs is 9. The minimum absolute atomic E-state index is 0.0759. The number of aryl methyl sites for hydroxylation is 1. The van der Waals surface area contributed by atoms with Crippen LogP contribution in [0.4, 0.5) is 0 Å². The molecule has 24 heavy (non-hydrogen) atoms. The Bertz CT molecular complexity index is 1000. The first kappa shape index (κ1) is 13.0. The number of hydrogen-bond donors (Lipinski definition) is 0. The average molecular weight is 328 g/mol. The van der Waals surface area contributed by atoms with Crippen molar-refractivity contribution in [3.05, 3.63) is 33.2 Å². The van der Waals surface area contributed by atoms with Gasteiger partial charge in [-0.15, -0.1) is 0 Å². The average Bonchev–Trinajstić information content (AvgIpc) is 2.91. The first-order valence-electron chi connectivity index (χ1n) is 7.88. The first-order valence-corrected chi connectivity index (χ1v) is 7.88. The SMILES string of the molecule is COc1cc2c(c3oc(=O)c4c(c13)CCC4=O)[C@H]1[C@H](O2)OC2O[C@H]21. The number of ether oxygens (including phenoxy) is 4. The molecule has 0 amide bonds. The van der Waals surface area contributed by atoms with Crippen LogP contribution >= 0.6 is 0 Å². The summed E-state index contributed by atoms with van der Waals surface area (Å²) in [6.45, 7) is 0. The lowest BCUT2D eigenvalue weighted by atomic mass is 9.93. The number of carbonyl (C=O) groups excluding carboxylic acids is 1. The van der Waals surface area contributed by atoms with E-state index in [1.54, 1.807) is 13.2 Å². The number of carbonyl (C=O) groups is 1. The van der Waals surface area contributed by atoms with Crippen molar-refractivity contribution in [1.82, 2.24) is 0 Å². The molecule has 3 aliphatic heterocycles. The fourth-order valence-corrected chi connectivity index (χ4v) is 4.25. The van der Waals surface area contributed by atoms with Crippen molar-refractivity contribution in [2.75, 3.05) is 7.11 Å². The van der Waals surface area contributed by atoms with Gasteiger partial charge in [0, 0.05) is 12.5 Å². The standard InChI is InChI=1S/C17H12O7/c1-20-7-4-8-11(12-14-17(23-14)24-16(12)21-8)13-10(7)5-2-3-6(18)9(5)15(19)22-13/h4,12,14,16-17H,2-3H2,1H3/t12-,14+,16-,17?/m1/s1. The summed E-state index contributed by atoms with van der Waals surface area (Å²) in [6.07, 6.45) is 0.0820. The molecule has 122 valence electrons. The van der Waals surface area contributed by atoms with E-state index >= 15 is 0 Å². The third-order valence-electron chi connectivity index (χ3n) is 5.32. The van der Waals surface area contributed by atoms with Gasteiger partial charge in [0.15, 0.2) is 12.1 Å². The summed E-state index contributed by atoms with van der Waals surface area (Å²) in [5, 5.41) is 0.685. The third kappa shape index (κ3) is 1.36. The molecular weight excluding hydrogens is 316 g/mol. The summed E-state index contributed by atoms with van der Waals surface area (Å²) in [7, 11) is 1.54. The molecule has 1 unspecified atom stereocenters. The summed E-state index contributed by atoms with van der Waals surface area (Å²) in [6, 6.07) is 1.78. The van der Waals surface area contributed by atoms with E-state index in [1.807, 2.05) is 0 Å². The number of rotatable bonds is 1. The molecule has 1 aromatic heterocycles. The zero-order valence-corrected chi connectivity index (χ0v) is 12.7. The second kappa shape index (κ2) is 3.99. The summed E-state index contributed by atoms with van der Waals surface area (Å²) in [5.41, 5.74) is 1.47. The van der Waals surface area contributed by atoms with Crippen LogP contribution in [0, 0.1) is 0 Å². The Morgan fingerprint density at radius 1 is 1.17 bits per heavy atom. The van der Waals surface area contributed by atoms with Crippen LogP contribution < -0.4 is 15.1 Å². The van der Waals surface area contributed by atoms with Gasteiger partial charge in [-0.2, -0.15) is 0 Å². The van der Waals surface area contributed by atoms with Gasteiger partial charge >= 0.3 is 5.63 Å². The lowest BCUT2D eigenvalue weighted by molar-refractivity contribution is -0.109. The lowest BCUT2D eigenvalue weighted by Gasteiger charge is -2.13. The van der Waals surface area contributed by atoms with E-state index < -0.39 is 11.9 Å². The molecule has 2 aromatic rings. The van der Waals surface area contributed by atoms with Gasteiger partial charge in [-0.3, -0.25) is 4.79 Å². The number of epoxide rings is 1. The molecule has 4 aliphatic rings. The fraction of sp³-hybridized carbons (Fsp3) is 0.412. The van der Waals surface area contributed by atoms with Crippen LogP contribution in [0.5, 0.6) is 11.5 Å². The number of benzene rings is 1. The molecule has 0 saturated carbocycles. The molecule has 1 aromatic carbocycles. The predicted molar refractivity (Wildman–Crippen MR) is 78.6 cm³/mol. The summed E-state index contributed by atoms with van der Waals surface area (Å²) < 4.78 is 28.0. The molecule has 4 heterocycles. The van der Waals surface area contributed by atoms with Gasteiger partial charge in [0.05, 0.1) is 24.0 Å². The Balaban J connectivity index is 1.74. The van der Waals surface area contributed by atoms with Crippen molar-refractivity contribution in [2.24, 2.45) is 0 Å². The molecule has 7 nitrogen and oxygen atoms in total. The number of methoxy groups -OCH3 is 1. The molecule has 0 bridgehead atoms. The predicted octanol–water partition coefficient (Wildman–Crippen LogP) is 1.49. The van der Waals surface area contributed by atoms with Gasteiger partial charge in [-0.05, 0) is 12.0 Å². The molecule has 7 heteroatoms. The highest BCUT2D eigenvalue weighted by Gasteiger charge is 2.63. The molecule has 1 aliphatic carbocycles. The van der Waals surface area contributed by atoms with E-state index in [1.165, 1.54) is 0 Å². The zero-order chi connectivity index (χ0) is 16.2. The van der Waals surface area contributed by atoms with E-state index in [2.05, 4.69) is 0 Å². The van der Waals surface area contributed by atoms with Crippen molar-refractivity contribution in [1.29, 1.82) is 0 Å². The van der Waals surface area contributed by atoms with Crippen LogP contribution in [0.3, 0.4) is 0 Å². The maximum atomic E-state index is 12.4. The molecule has 0 radical (unpaired) electrons. The maximum Gasteiger partial charge on any atom is 0.347 e. The normalized spacial score (nSPS) is 31.5. The monoisotopic (exact) mass is 328 g/mol. The Morgan fingerprint density at radius 3 is 2.88 bits per heavy atom. The van der Waals surface area contributed by atoms with E-state index in [-0.39, 0.29) is 29.7 Å². The van der Waals surface area contributed by atoms with Crippen molar-refractivity contribution in [2.45, 2.75) is 37.4 Å². The van der Waals surface area contributed by atoms with Crippen LogP contribution in [-0.2, 0) is 15.9 Å². The number of hydrogen-bond acceptors (Lipinski definition) is 7. The molecule has 2 fully saturated rings. The number of Topliss-reactive ketones (excluding diaryl/α,β-unsaturated/α-hetero) is 1. The lowest BCUT2D eigenvalue weighted by Crippen LogP contribution is -2.19. The molecule has 0 spiro atoms. The van der Waals surface area contributed by atoms with Gasteiger partial charge in [0.25, 0.3) is 0 Å². The van der Waals surface area contributed by atoms with Crippen LogP contribution in [-0.4, -0.2) is 31.6 Å². The largest absolute Gasteiger partial charge is 0.496 e. The fourth-order valence-electron chi connectivity index (χ4n) is 4.25. The summed E-state index contributed by atoms with van der Waals surface area (Å²) in [5.74, 6) is 0.811. The Labute approximate surface area is 135 Å². The minimum atomic E-state index is -0.592. The van der Waals surface area contributed by atoms with E-state index in [4.69, 9.17) is 23.4 Å². The van der Waals surface area contributed by atoms with Gasteiger partial charge in [-0.25, -0.2) is 4.79 Å². The Kier molecular flexibility index (Phi) is 2.15. The van der Waals surface area contributed by atoms with Crippen molar-refractivity contribution in [3.8, 4) is 11.5 Å². The van der Waals surface area contributed by atoms with Crippen LogP contribution in [0.15, 0.2) is 15.3 Å². The van der Waals surface area contributed by atoms with Crippen molar-refractivity contribution >= 4 is 16.8 Å². The van der Waals surface area contributed by atoms with Crippen LogP contribution in [0.2, 0.25) is 0 Å². The Morgan fingerprint density at radius 2 is 2.04 bits per heavy atom. The van der Waals surface area contributed by atoms with Gasteiger partial charge in [-0.1, -0.05) is 0 Å².